The molecule has 9 heteroatoms. The molecule has 2 N–H and O–H groups in total. The average molecular weight is 624 g/mol. The van der Waals surface area contributed by atoms with Crippen LogP contribution in [0.3, 0.4) is 0 Å². The number of thioether (sulfide) groups is 1. The molecule has 0 atom stereocenters. The number of amides is 2. The zero-order valence-electron chi connectivity index (χ0n) is 24.2. The topological polar surface area (TPSA) is 80.3 Å². The smallest absolute Gasteiger partial charge is 0.255 e. The van der Waals surface area contributed by atoms with E-state index in [1.807, 2.05) is 43.3 Å². The van der Waals surface area contributed by atoms with Gasteiger partial charge >= 0.3 is 0 Å². The summed E-state index contributed by atoms with van der Waals surface area (Å²) in [4.78, 5) is 29.9. The summed E-state index contributed by atoms with van der Waals surface area (Å²) in [7, 11) is 0. The highest BCUT2D eigenvalue weighted by Gasteiger charge is 2.12. The third-order valence-electron chi connectivity index (χ3n) is 6.81. The molecular formula is C33H38ClN3O3S2. The maximum atomic E-state index is 12.8. The van der Waals surface area contributed by atoms with Crippen molar-refractivity contribution < 1.29 is 14.3 Å². The molecule has 0 spiro atoms. The fourth-order valence-corrected chi connectivity index (χ4v) is 6.50. The quantitative estimate of drug-likeness (QED) is 0.0959. The van der Waals surface area contributed by atoms with E-state index in [1.54, 1.807) is 24.3 Å². The number of aryl methyl sites for hydroxylation is 1. The Hall–Kier alpha value is -3.07. The molecule has 0 radical (unpaired) electrons. The first kappa shape index (κ1) is 31.9. The largest absolute Gasteiger partial charge is 0.494 e. The number of benzene rings is 3. The van der Waals surface area contributed by atoms with Gasteiger partial charge in [0.1, 0.15) is 5.75 Å². The highest BCUT2D eigenvalue weighted by molar-refractivity contribution is 8.01. The molecule has 6 nitrogen and oxygen atoms in total. The van der Waals surface area contributed by atoms with E-state index in [-0.39, 0.29) is 17.6 Å². The van der Waals surface area contributed by atoms with Crippen LogP contribution in [0.25, 0.3) is 10.2 Å². The number of carbonyl (C=O) groups is 2. The van der Waals surface area contributed by atoms with Crippen LogP contribution in [0, 0.1) is 6.92 Å². The number of fused-ring (bicyclic) bond motifs is 1. The van der Waals surface area contributed by atoms with Crippen LogP contribution in [-0.2, 0) is 4.79 Å². The molecule has 3 aromatic carbocycles. The number of nitrogens with zero attached hydrogens (tertiary/aromatic N) is 1. The van der Waals surface area contributed by atoms with Crippen LogP contribution in [0.2, 0.25) is 5.02 Å². The number of hydrogen-bond acceptors (Lipinski definition) is 6. The minimum atomic E-state index is -0.184. The van der Waals surface area contributed by atoms with Gasteiger partial charge in [-0.05, 0) is 73.5 Å². The molecule has 0 aliphatic rings. The van der Waals surface area contributed by atoms with Crippen LogP contribution in [0.5, 0.6) is 5.75 Å². The number of unbranched alkanes of at least 4 members (excludes halogenated alkanes) is 7. The van der Waals surface area contributed by atoms with Crippen molar-refractivity contribution in [2.45, 2.75) is 69.6 Å². The van der Waals surface area contributed by atoms with E-state index in [4.69, 9.17) is 16.3 Å². The number of thiazole rings is 1. The normalized spacial score (nSPS) is 11.0. The molecule has 0 aliphatic carbocycles. The van der Waals surface area contributed by atoms with Gasteiger partial charge in [0.2, 0.25) is 5.91 Å². The average Bonchev–Trinajstić information content (AvgIpc) is 3.40. The van der Waals surface area contributed by atoms with Crippen LogP contribution in [0.15, 0.2) is 65.0 Å². The summed E-state index contributed by atoms with van der Waals surface area (Å²) >= 11 is 8.92. The van der Waals surface area contributed by atoms with Gasteiger partial charge in [-0.1, -0.05) is 81.3 Å². The molecule has 2 amide bonds. The molecule has 4 aromatic rings. The Balaban J connectivity index is 1.21. The van der Waals surface area contributed by atoms with Crippen molar-refractivity contribution in [1.82, 2.24) is 4.98 Å². The van der Waals surface area contributed by atoms with E-state index in [2.05, 4.69) is 22.5 Å². The molecule has 1 aromatic heterocycles. The highest BCUT2D eigenvalue weighted by atomic mass is 35.5. The van der Waals surface area contributed by atoms with Gasteiger partial charge in [-0.2, -0.15) is 0 Å². The SMILES string of the molecule is CCCCCCCCCCOc1ccc(C(=O)Nc2ccc3nc(SCC(=O)Nc4cc(Cl)ccc4C)sc3c2)cc1. The highest BCUT2D eigenvalue weighted by Crippen LogP contribution is 2.32. The lowest BCUT2D eigenvalue weighted by Gasteiger charge is -2.08. The summed E-state index contributed by atoms with van der Waals surface area (Å²) in [5, 5.41) is 6.45. The van der Waals surface area contributed by atoms with E-state index >= 15 is 0 Å². The predicted octanol–water partition coefficient (Wildman–Crippen LogP) is 9.76. The first-order valence-electron chi connectivity index (χ1n) is 14.5. The number of carbonyl (C=O) groups excluding carboxylic acids is 2. The summed E-state index contributed by atoms with van der Waals surface area (Å²) in [6.45, 7) is 4.86. The lowest BCUT2D eigenvalue weighted by Crippen LogP contribution is -2.14. The first-order chi connectivity index (χ1) is 20.4. The molecule has 0 fully saturated rings. The molecule has 0 saturated heterocycles. The lowest BCUT2D eigenvalue weighted by molar-refractivity contribution is -0.113. The fourth-order valence-electron chi connectivity index (χ4n) is 4.42. The Morgan fingerprint density at radius 2 is 1.64 bits per heavy atom. The molecule has 42 heavy (non-hydrogen) atoms. The van der Waals surface area contributed by atoms with Gasteiger partial charge in [-0.25, -0.2) is 4.98 Å². The van der Waals surface area contributed by atoms with E-state index in [0.717, 1.165) is 32.3 Å². The van der Waals surface area contributed by atoms with E-state index in [0.29, 0.717) is 28.6 Å². The molecule has 4 rings (SSSR count). The standard InChI is InChI=1S/C33H38ClN3O3S2/c1-3-4-5-6-7-8-9-10-19-40-27-16-12-24(13-17-27)32(39)35-26-15-18-28-30(21-26)42-33(37-28)41-22-31(38)36-29-20-25(34)14-11-23(29)2/h11-18,20-21H,3-10,19,22H2,1-2H3,(H,35,39)(H,36,38). The van der Waals surface area contributed by atoms with Crippen molar-refractivity contribution in [3.05, 3.63) is 76.8 Å². The van der Waals surface area contributed by atoms with E-state index < -0.39 is 0 Å². The van der Waals surface area contributed by atoms with E-state index in [9.17, 15) is 9.59 Å². The third kappa shape index (κ3) is 10.0. The number of nitrogens with one attached hydrogen (secondary N) is 2. The maximum Gasteiger partial charge on any atom is 0.255 e. The summed E-state index contributed by atoms with van der Waals surface area (Å²) < 4.78 is 7.58. The van der Waals surface area contributed by atoms with E-state index in [1.165, 1.54) is 68.0 Å². The molecule has 0 bridgehead atoms. The van der Waals surface area contributed by atoms with Crippen molar-refractivity contribution in [3.8, 4) is 5.75 Å². The van der Waals surface area contributed by atoms with Gasteiger partial charge in [0.25, 0.3) is 5.91 Å². The number of aromatic nitrogens is 1. The molecule has 1 heterocycles. The zero-order chi connectivity index (χ0) is 29.7. The van der Waals surface area contributed by atoms with Gasteiger partial charge < -0.3 is 15.4 Å². The predicted molar refractivity (Wildman–Crippen MR) is 178 cm³/mol. The first-order valence-corrected chi connectivity index (χ1v) is 16.7. The van der Waals surface area contributed by atoms with Crippen LogP contribution in [0.1, 0.15) is 74.2 Å². The van der Waals surface area contributed by atoms with Gasteiger partial charge in [0.15, 0.2) is 4.34 Å². The monoisotopic (exact) mass is 623 g/mol. The number of hydrogen-bond donors (Lipinski definition) is 2. The second-order valence-electron chi connectivity index (χ2n) is 10.3. The van der Waals surface area contributed by atoms with Crippen LogP contribution in [-0.4, -0.2) is 29.2 Å². The fraction of sp³-hybridized carbons (Fsp3) is 0.364. The Morgan fingerprint density at radius 3 is 2.40 bits per heavy atom. The summed E-state index contributed by atoms with van der Waals surface area (Å²) in [5.74, 6) is 0.703. The zero-order valence-corrected chi connectivity index (χ0v) is 26.6. The van der Waals surface area contributed by atoms with Crippen molar-refractivity contribution in [3.63, 3.8) is 0 Å². The van der Waals surface area contributed by atoms with Crippen LogP contribution >= 0.6 is 34.7 Å². The Kier molecular flexibility index (Phi) is 12.5. The minimum absolute atomic E-state index is 0.123. The van der Waals surface area contributed by atoms with Gasteiger partial charge in [-0.3, -0.25) is 9.59 Å². The third-order valence-corrected chi connectivity index (χ3v) is 9.21. The molecule has 0 aliphatic heterocycles. The molecular weight excluding hydrogens is 586 g/mol. The van der Waals surface area contributed by atoms with Gasteiger partial charge in [0.05, 0.1) is 22.6 Å². The van der Waals surface area contributed by atoms with Gasteiger partial charge in [0, 0.05) is 22.0 Å². The second-order valence-corrected chi connectivity index (χ2v) is 12.9. The Morgan fingerprint density at radius 1 is 0.905 bits per heavy atom. The number of halogens is 1. The van der Waals surface area contributed by atoms with Crippen molar-refractivity contribution in [2.24, 2.45) is 0 Å². The van der Waals surface area contributed by atoms with Crippen LogP contribution < -0.4 is 15.4 Å². The van der Waals surface area contributed by atoms with Crippen molar-refractivity contribution >= 4 is 68.1 Å². The van der Waals surface area contributed by atoms with Crippen LogP contribution in [0.4, 0.5) is 11.4 Å². The molecule has 0 unspecified atom stereocenters. The minimum Gasteiger partial charge on any atom is -0.494 e. The molecule has 222 valence electrons. The maximum absolute atomic E-state index is 12.8. The summed E-state index contributed by atoms with van der Waals surface area (Å²) in [6.07, 6.45) is 10.1. The van der Waals surface area contributed by atoms with Gasteiger partial charge in [-0.15, -0.1) is 11.3 Å². The molecule has 0 saturated carbocycles. The number of ether oxygens (including phenoxy) is 1. The number of rotatable bonds is 16. The summed E-state index contributed by atoms with van der Waals surface area (Å²) in [6, 6.07) is 18.3. The van der Waals surface area contributed by atoms with Crippen molar-refractivity contribution in [2.75, 3.05) is 23.0 Å². The number of anilines is 2. The summed E-state index contributed by atoms with van der Waals surface area (Å²) in [5.41, 5.74) is 3.74. The second kappa shape index (κ2) is 16.5. The van der Waals surface area contributed by atoms with Crippen molar-refractivity contribution in [1.29, 1.82) is 0 Å². The lowest BCUT2D eigenvalue weighted by atomic mass is 10.1. The Labute approximate surface area is 261 Å². The Bertz CT molecular complexity index is 1470.